The summed E-state index contributed by atoms with van der Waals surface area (Å²) in [7, 11) is 0. The molecule has 0 aliphatic heterocycles. The summed E-state index contributed by atoms with van der Waals surface area (Å²) < 4.78 is 9.76. The van der Waals surface area contributed by atoms with Gasteiger partial charge >= 0.3 is 0 Å². The highest BCUT2D eigenvalue weighted by Crippen LogP contribution is 2.26. The maximum atomic E-state index is 12.7. The molecule has 0 atom stereocenters. The van der Waals surface area contributed by atoms with E-state index >= 15 is 0 Å². The number of aryl methyl sites for hydroxylation is 1. The molecule has 1 N–H and O–H groups in total. The summed E-state index contributed by atoms with van der Waals surface area (Å²) >= 11 is 0. The van der Waals surface area contributed by atoms with E-state index in [0.717, 1.165) is 50.3 Å². The molecular weight excluding hydrogens is 512 g/mol. The van der Waals surface area contributed by atoms with Gasteiger partial charge in [0.25, 0.3) is 17.4 Å². The Morgan fingerprint density at radius 2 is 1.73 bits per heavy atom. The third-order valence-corrected chi connectivity index (χ3v) is 7.08. The summed E-state index contributed by atoms with van der Waals surface area (Å²) in [5.41, 5.74) is 6.69. The largest absolute Gasteiger partial charge is 0.451 e. The van der Waals surface area contributed by atoms with Gasteiger partial charge in [-0.05, 0) is 59.7 Å². The molecule has 0 spiro atoms. The lowest BCUT2D eigenvalue weighted by molar-refractivity contribution is -0.519. The monoisotopic (exact) mass is 537 g/mol. The molecule has 8 heteroatoms. The van der Waals surface area contributed by atoms with Gasteiger partial charge in [-0.15, -0.1) is 0 Å². The van der Waals surface area contributed by atoms with E-state index in [0.29, 0.717) is 12.3 Å². The molecule has 0 aliphatic carbocycles. The number of nitrogens with one attached hydrogen (secondary N) is 1. The first-order valence-electron chi connectivity index (χ1n) is 13.3. The minimum atomic E-state index is -0.275. The number of aromatic nitrogens is 5. The van der Waals surface area contributed by atoms with Crippen molar-refractivity contribution in [2.45, 2.75) is 13.5 Å². The fourth-order valence-corrected chi connectivity index (χ4v) is 4.97. The molecule has 0 saturated carbocycles. The fourth-order valence-electron chi connectivity index (χ4n) is 4.97. The molecule has 5 aromatic heterocycles. The van der Waals surface area contributed by atoms with Crippen molar-refractivity contribution in [1.82, 2.24) is 25.1 Å². The van der Waals surface area contributed by atoms with E-state index in [1.165, 1.54) is 0 Å². The molecule has 0 bridgehead atoms. The number of amides is 1. The van der Waals surface area contributed by atoms with Gasteiger partial charge < -0.3 is 9.73 Å². The summed E-state index contributed by atoms with van der Waals surface area (Å²) in [4.78, 5) is 21.6. The van der Waals surface area contributed by atoms with Crippen molar-refractivity contribution in [1.29, 1.82) is 0 Å². The maximum absolute atomic E-state index is 12.7. The predicted molar refractivity (Wildman–Crippen MR) is 155 cm³/mol. The molecule has 41 heavy (non-hydrogen) atoms. The van der Waals surface area contributed by atoms with Crippen LogP contribution in [-0.2, 0) is 6.54 Å². The van der Waals surface area contributed by atoms with Gasteiger partial charge in [0.05, 0.1) is 17.1 Å². The topological polar surface area (TPSA) is 89.9 Å². The Kier molecular flexibility index (Phi) is 6.05. The van der Waals surface area contributed by atoms with Crippen LogP contribution in [-0.4, -0.2) is 25.7 Å². The van der Waals surface area contributed by atoms with Gasteiger partial charge in [-0.3, -0.25) is 14.8 Å². The van der Waals surface area contributed by atoms with Gasteiger partial charge in [0, 0.05) is 48.3 Å². The summed E-state index contributed by atoms with van der Waals surface area (Å²) in [6.07, 6.45) is 7.31. The first-order valence-corrected chi connectivity index (χ1v) is 13.3. The minimum Gasteiger partial charge on any atom is -0.451 e. The van der Waals surface area contributed by atoms with Crippen LogP contribution in [0.15, 0.2) is 120 Å². The molecule has 0 aliphatic rings. The average molecular weight is 538 g/mol. The van der Waals surface area contributed by atoms with Crippen LogP contribution in [0, 0.1) is 6.92 Å². The van der Waals surface area contributed by atoms with Gasteiger partial charge in [0.2, 0.25) is 0 Å². The molecule has 7 rings (SSSR count). The zero-order valence-electron chi connectivity index (χ0n) is 22.2. The molecule has 0 radical (unpaired) electrons. The quantitative estimate of drug-likeness (QED) is 0.274. The maximum Gasteiger partial charge on any atom is 0.287 e. The third-order valence-electron chi connectivity index (χ3n) is 7.08. The number of carbonyl (C=O) groups excluding carboxylic acids is 1. The van der Waals surface area contributed by atoms with Crippen molar-refractivity contribution in [3.05, 3.63) is 133 Å². The van der Waals surface area contributed by atoms with E-state index in [4.69, 9.17) is 14.5 Å². The second kappa shape index (κ2) is 10.2. The number of hydrogen-bond acceptors (Lipinski definition) is 5. The minimum absolute atomic E-state index is 0.256. The Morgan fingerprint density at radius 1 is 0.902 bits per heavy atom. The van der Waals surface area contributed by atoms with Gasteiger partial charge in [0.15, 0.2) is 5.76 Å². The van der Waals surface area contributed by atoms with E-state index in [-0.39, 0.29) is 11.7 Å². The van der Waals surface area contributed by atoms with Crippen molar-refractivity contribution >= 4 is 22.5 Å². The number of hydrogen-bond donors (Lipinski definition) is 1. The molecule has 7 aromatic rings. The van der Waals surface area contributed by atoms with Crippen LogP contribution >= 0.6 is 0 Å². The van der Waals surface area contributed by atoms with Gasteiger partial charge in [-0.1, -0.05) is 47.1 Å². The molecule has 8 nitrogen and oxygen atoms in total. The van der Waals surface area contributed by atoms with E-state index in [2.05, 4.69) is 32.9 Å². The highest BCUT2D eigenvalue weighted by atomic mass is 16.3. The first-order chi connectivity index (χ1) is 20.1. The highest BCUT2D eigenvalue weighted by molar-refractivity contribution is 5.93. The average Bonchev–Trinajstić information content (AvgIpc) is 3.66. The summed E-state index contributed by atoms with van der Waals surface area (Å²) in [5.74, 6) is 1.45. The number of rotatable bonds is 6. The summed E-state index contributed by atoms with van der Waals surface area (Å²) in [6.45, 7) is 2.35. The Labute approximate surface area is 235 Å². The summed E-state index contributed by atoms with van der Waals surface area (Å²) in [5, 5.41) is 8.79. The molecule has 5 heterocycles. The Hall–Kier alpha value is -5.63. The standard InChI is InChI=1S/C33H24N6O2/c1-22-37-39(33-28-18-26(24-6-3-2-4-7-24)21-35-29(28)15-17-38(22)33)27-11-9-23(10-12-27)19-36-32(40)31-14-13-30(41-31)25-8-5-16-34-20-25/h2-18,20-21H,19H2,1H3/p+1. The number of pyridine rings is 3. The Bertz CT molecular complexity index is 2010. The van der Waals surface area contributed by atoms with Crippen molar-refractivity contribution < 1.29 is 13.6 Å². The zero-order valence-corrected chi connectivity index (χ0v) is 22.2. The van der Waals surface area contributed by atoms with Crippen molar-refractivity contribution in [3.8, 4) is 28.1 Å². The Balaban J connectivity index is 1.15. The van der Waals surface area contributed by atoms with Gasteiger partial charge in [-0.2, -0.15) is 0 Å². The lowest BCUT2D eigenvalue weighted by atomic mass is 10.1. The van der Waals surface area contributed by atoms with Gasteiger partial charge in [0.1, 0.15) is 11.4 Å². The number of benzene rings is 2. The first kappa shape index (κ1) is 24.4. The van der Waals surface area contributed by atoms with Crippen LogP contribution in [0.4, 0.5) is 0 Å². The van der Waals surface area contributed by atoms with Crippen molar-refractivity contribution in [3.63, 3.8) is 0 Å². The molecule has 1 amide bonds. The highest BCUT2D eigenvalue weighted by Gasteiger charge is 2.22. The predicted octanol–water partition coefficient (Wildman–Crippen LogP) is 5.72. The van der Waals surface area contributed by atoms with E-state index in [9.17, 15) is 4.79 Å². The second-order valence-electron chi connectivity index (χ2n) is 9.75. The van der Waals surface area contributed by atoms with Crippen LogP contribution in [0.2, 0.25) is 0 Å². The smallest absolute Gasteiger partial charge is 0.287 e. The van der Waals surface area contributed by atoms with E-state index < -0.39 is 0 Å². The van der Waals surface area contributed by atoms with Crippen molar-refractivity contribution in [2.75, 3.05) is 0 Å². The normalized spacial score (nSPS) is 11.2. The molecular formula is C33H25N6O2+. The second-order valence-corrected chi connectivity index (χ2v) is 9.75. The molecule has 2 aromatic carbocycles. The number of nitrogens with zero attached hydrogens (tertiary/aromatic N) is 5. The number of fused-ring (bicyclic) bond motifs is 3. The lowest BCUT2D eigenvalue weighted by Crippen LogP contribution is -2.23. The van der Waals surface area contributed by atoms with Gasteiger partial charge in [-0.25, -0.2) is 4.40 Å². The lowest BCUT2D eigenvalue weighted by Gasteiger charge is -2.05. The van der Waals surface area contributed by atoms with Crippen molar-refractivity contribution in [2.24, 2.45) is 0 Å². The number of furan rings is 1. The Morgan fingerprint density at radius 3 is 2.54 bits per heavy atom. The fraction of sp³-hybridized carbons (Fsp3) is 0.0606. The molecule has 0 unspecified atom stereocenters. The molecule has 0 saturated heterocycles. The molecule has 0 fully saturated rings. The van der Waals surface area contributed by atoms with Crippen LogP contribution in [0.3, 0.4) is 0 Å². The number of carbonyl (C=O) groups is 1. The van der Waals surface area contributed by atoms with Crippen LogP contribution < -0.4 is 9.72 Å². The van der Waals surface area contributed by atoms with E-state index in [1.54, 1.807) is 24.5 Å². The third kappa shape index (κ3) is 4.61. The van der Waals surface area contributed by atoms with Crippen LogP contribution in [0.5, 0.6) is 0 Å². The zero-order chi connectivity index (χ0) is 27.8. The van der Waals surface area contributed by atoms with Crippen LogP contribution in [0.25, 0.3) is 44.7 Å². The molecule has 198 valence electrons. The summed E-state index contributed by atoms with van der Waals surface area (Å²) in [6, 6.07) is 29.6. The van der Waals surface area contributed by atoms with Crippen LogP contribution in [0.1, 0.15) is 21.9 Å². The SMILES string of the molecule is Cc1nn(-c2ccc(CNC(=O)c3ccc(-c4cccnc4)o3)cc2)c2c3cc(-c4ccccc4)cnc3cc[n+]12. The van der Waals surface area contributed by atoms with E-state index in [1.807, 2.05) is 84.7 Å².